The Balaban J connectivity index is 2.07. The molecule has 1 atom stereocenters. The molecule has 2 nitrogen and oxygen atoms in total. The van der Waals surface area contributed by atoms with Gasteiger partial charge in [0.15, 0.2) is 0 Å². The first-order chi connectivity index (χ1) is 9.08. The monoisotopic (exact) mass is 340 g/mol. The van der Waals surface area contributed by atoms with Crippen LogP contribution in [0.15, 0.2) is 41.1 Å². The van der Waals surface area contributed by atoms with Crippen molar-refractivity contribution in [1.29, 1.82) is 0 Å². The quantitative estimate of drug-likeness (QED) is 0.866. The molecule has 0 aliphatic carbocycles. The third-order valence-corrected chi connectivity index (χ3v) is 4.05. The molecule has 0 saturated carbocycles. The van der Waals surface area contributed by atoms with Crippen molar-refractivity contribution >= 4 is 27.5 Å². The molecule has 0 spiro atoms. The summed E-state index contributed by atoms with van der Waals surface area (Å²) in [5.74, 6) is 0. The average Bonchev–Trinajstić information content (AvgIpc) is 2.80. The molecular weight excluding hydrogens is 324 g/mol. The fourth-order valence-electron chi connectivity index (χ4n) is 2.00. The maximum atomic E-state index is 6.23. The van der Waals surface area contributed by atoms with E-state index in [4.69, 9.17) is 17.3 Å². The Morgan fingerprint density at radius 1 is 1.37 bits per heavy atom. The molecule has 2 rings (SSSR count). The zero-order valence-electron chi connectivity index (χ0n) is 10.9. The van der Waals surface area contributed by atoms with Crippen molar-refractivity contribution in [2.75, 3.05) is 0 Å². The molecule has 1 aromatic heterocycles. The number of hydrogen-bond donors (Lipinski definition) is 1. The van der Waals surface area contributed by atoms with Gasteiger partial charge in [-0.15, -0.1) is 0 Å². The Hall–Kier alpha value is -0.770. The van der Waals surface area contributed by atoms with Crippen molar-refractivity contribution in [3.8, 4) is 0 Å². The number of nitrogens with two attached hydrogens (primary N) is 1. The second-order valence-corrected chi connectivity index (χ2v) is 6.12. The van der Waals surface area contributed by atoms with Crippen molar-refractivity contribution in [2.45, 2.75) is 32.4 Å². The maximum Gasteiger partial charge on any atom is 0.0485 e. The largest absolute Gasteiger partial charge is 0.350 e. The van der Waals surface area contributed by atoms with E-state index in [9.17, 15) is 0 Å². The minimum atomic E-state index is 0.243. The highest BCUT2D eigenvalue weighted by atomic mass is 79.9. The van der Waals surface area contributed by atoms with Crippen molar-refractivity contribution in [3.63, 3.8) is 0 Å². The number of hydrogen-bond acceptors (Lipinski definition) is 1. The van der Waals surface area contributed by atoms with Gasteiger partial charge in [-0.25, -0.2) is 0 Å². The van der Waals surface area contributed by atoms with Crippen molar-refractivity contribution in [1.82, 2.24) is 4.57 Å². The fraction of sp³-hybridized carbons (Fsp3) is 0.333. The highest BCUT2D eigenvalue weighted by Crippen LogP contribution is 2.22. The van der Waals surface area contributed by atoms with Crippen molar-refractivity contribution < 1.29 is 0 Å². The lowest BCUT2D eigenvalue weighted by atomic mass is 10.1. The predicted molar refractivity (Wildman–Crippen MR) is 84.7 cm³/mol. The van der Waals surface area contributed by atoms with E-state index in [-0.39, 0.29) is 6.04 Å². The number of halogens is 2. The summed E-state index contributed by atoms with van der Waals surface area (Å²) >= 11 is 9.65. The third-order valence-electron chi connectivity index (χ3n) is 3.20. The molecule has 2 aromatic rings. The van der Waals surface area contributed by atoms with Crippen LogP contribution in [0.1, 0.15) is 24.5 Å². The molecule has 0 aliphatic heterocycles. The standard InChI is InChI=1S/C15H18BrClN2/c1-2-14(18)7-11-5-6-19(9-11)10-12-3-4-13(16)8-15(12)17/h3-6,8-9,14H,2,7,10,18H2,1H3. The van der Waals surface area contributed by atoms with Crippen LogP contribution >= 0.6 is 27.5 Å². The highest BCUT2D eigenvalue weighted by molar-refractivity contribution is 9.10. The lowest BCUT2D eigenvalue weighted by Crippen LogP contribution is -2.21. The summed E-state index contributed by atoms with van der Waals surface area (Å²) in [7, 11) is 0. The normalized spacial score (nSPS) is 12.6. The van der Waals surface area contributed by atoms with Gasteiger partial charge in [0.25, 0.3) is 0 Å². The van der Waals surface area contributed by atoms with Crippen LogP contribution in [0, 0.1) is 0 Å². The van der Waals surface area contributed by atoms with Crippen LogP contribution < -0.4 is 5.73 Å². The maximum absolute atomic E-state index is 6.23. The first kappa shape index (κ1) is 14.6. The minimum absolute atomic E-state index is 0.243. The first-order valence-corrected chi connectivity index (χ1v) is 7.59. The van der Waals surface area contributed by atoms with Gasteiger partial charge >= 0.3 is 0 Å². The smallest absolute Gasteiger partial charge is 0.0485 e. The lowest BCUT2D eigenvalue weighted by Gasteiger charge is -2.07. The molecule has 0 radical (unpaired) electrons. The Kier molecular flexibility index (Phi) is 5.08. The second kappa shape index (κ2) is 6.60. The van der Waals surface area contributed by atoms with Crippen LogP contribution in [0.5, 0.6) is 0 Å². The van der Waals surface area contributed by atoms with E-state index in [1.54, 1.807) is 0 Å². The van der Waals surface area contributed by atoms with E-state index >= 15 is 0 Å². The number of aromatic nitrogens is 1. The minimum Gasteiger partial charge on any atom is -0.350 e. The highest BCUT2D eigenvalue weighted by Gasteiger charge is 2.05. The Morgan fingerprint density at radius 3 is 2.84 bits per heavy atom. The Morgan fingerprint density at radius 2 is 2.16 bits per heavy atom. The van der Waals surface area contributed by atoms with E-state index < -0.39 is 0 Å². The number of benzene rings is 1. The van der Waals surface area contributed by atoms with Gasteiger partial charge in [-0.3, -0.25) is 0 Å². The molecule has 4 heteroatoms. The van der Waals surface area contributed by atoms with Gasteiger partial charge < -0.3 is 10.3 Å². The van der Waals surface area contributed by atoms with Gasteiger partial charge in [0.1, 0.15) is 0 Å². The third kappa shape index (κ3) is 4.10. The van der Waals surface area contributed by atoms with Crippen LogP contribution in [-0.2, 0) is 13.0 Å². The molecule has 0 aliphatic rings. The van der Waals surface area contributed by atoms with Gasteiger partial charge in [0, 0.05) is 34.5 Å². The van der Waals surface area contributed by atoms with Gasteiger partial charge in [0.05, 0.1) is 0 Å². The van der Waals surface area contributed by atoms with E-state index in [2.05, 4.69) is 45.9 Å². The summed E-state index contributed by atoms with van der Waals surface area (Å²) in [6, 6.07) is 8.35. The molecule has 19 heavy (non-hydrogen) atoms. The van der Waals surface area contributed by atoms with E-state index in [1.165, 1.54) is 5.56 Å². The summed E-state index contributed by atoms with van der Waals surface area (Å²) in [6.45, 7) is 2.90. The molecule has 0 saturated heterocycles. The van der Waals surface area contributed by atoms with E-state index in [1.807, 2.05) is 18.2 Å². The van der Waals surface area contributed by atoms with E-state index in [0.717, 1.165) is 34.4 Å². The van der Waals surface area contributed by atoms with Crippen molar-refractivity contribution in [2.24, 2.45) is 5.73 Å². The lowest BCUT2D eigenvalue weighted by molar-refractivity contribution is 0.645. The average molecular weight is 342 g/mol. The van der Waals surface area contributed by atoms with Gasteiger partial charge in [-0.1, -0.05) is 40.5 Å². The second-order valence-electron chi connectivity index (χ2n) is 4.80. The van der Waals surface area contributed by atoms with Crippen LogP contribution in [0.2, 0.25) is 5.02 Å². The Labute approximate surface area is 127 Å². The van der Waals surface area contributed by atoms with Crippen LogP contribution in [-0.4, -0.2) is 10.6 Å². The molecule has 1 unspecified atom stereocenters. The molecule has 0 fully saturated rings. The van der Waals surface area contributed by atoms with E-state index in [0.29, 0.717) is 0 Å². The molecule has 0 bridgehead atoms. The number of nitrogens with zero attached hydrogens (tertiary/aromatic N) is 1. The predicted octanol–water partition coefficient (Wildman–Crippen LogP) is 4.23. The summed E-state index contributed by atoms with van der Waals surface area (Å²) in [5, 5.41) is 0.787. The van der Waals surface area contributed by atoms with Gasteiger partial charge in [0.2, 0.25) is 0 Å². The Bertz CT molecular complexity index is 551. The topological polar surface area (TPSA) is 30.9 Å². The van der Waals surface area contributed by atoms with Gasteiger partial charge in [-0.2, -0.15) is 0 Å². The summed E-state index contributed by atoms with van der Waals surface area (Å²) < 4.78 is 3.15. The van der Waals surface area contributed by atoms with Gasteiger partial charge in [-0.05, 0) is 42.2 Å². The summed E-state index contributed by atoms with van der Waals surface area (Å²) in [5.41, 5.74) is 8.37. The van der Waals surface area contributed by atoms with Crippen LogP contribution in [0.25, 0.3) is 0 Å². The fourth-order valence-corrected chi connectivity index (χ4v) is 2.74. The molecule has 1 heterocycles. The van der Waals surface area contributed by atoms with Crippen LogP contribution in [0.4, 0.5) is 0 Å². The van der Waals surface area contributed by atoms with Crippen LogP contribution in [0.3, 0.4) is 0 Å². The first-order valence-electron chi connectivity index (χ1n) is 6.42. The SMILES string of the molecule is CCC(N)Cc1ccn(Cc2ccc(Br)cc2Cl)c1. The molecular formula is C15H18BrClN2. The molecule has 0 amide bonds. The molecule has 2 N–H and O–H groups in total. The molecule has 102 valence electrons. The number of rotatable bonds is 5. The summed E-state index contributed by atoms with van der Waals surface area (Å²) in [6.07, 6.45) is 6.16. The summed E-state index contributed by atoms with van der Waals surface area (Å²) in [4.78, 5) is 0. The zero-order valence-corrected chi connectivity index (χ0v) is 13.3. The zero-order chi connectivity index (χ0) is 13.8. The van der Waals surface area contributed by atoms with Crippen molar-refractivity contribution in [3.05, 3.63) is 57.3 Å². The molecule has 1 aromatic carbocycles.